The maximum Gasteiger partial charge on any atom is 0.415 e. The van der Waals surface area contributed by atoms with E-state index in [0.29, 0.717) is 32.4 Å². The zero-order valence-corrected chi connectivity index (χ0v) is 12.9. The van der Waals surface area contributed by atoms with Crippen LogP contribution < -0.4 is 0 Å². The van der Waals surface area contributed by atoms with Gasteiger partial charge in [0.25, 0.3) is 0 Å². The Morgan fingerprint density at radius 1 is 1.35 bits per heavy atom. The van der Waals surface area contributed by atoms with Crippen LogP contribution in [0.25, 0.3) is 0 Å². The first kappa shape index (κ1) is 14.9. The highest BCUT2D eigenvalue weighted by Crippen LogP contribution is 2.43. The average Bonchev–Trinajstić information content (AvgIpc) is 2.60. The van der Waals surface area contributed by atoms with Crippen LogP contribution in [0.2, 0.25) is 0 Å². The van der Waals surface area contributed by atoms with E-state index in [0.717, 1.165) is 5.70 Å². The van der Waals surface area contributed by atoms with Crippen molar-refractivity contribution < 1.29 is 14.3 Å². The molecule has 2 saturated heterocycles. The van der Waals surface area contributed by atoms with Crippen LogP contribution in [-0.4, -0.2) is 46.0 Å². The van der Waals surface area contributed by atoms with Gasteiger partial charge < -0.3 is 9.64 Å². The molecule has 5 heteroatoms. The lowest BCUT2D eigenvalue weighted by Gasteiger charge is -2.39. The summed E-state index contributed by atoms with van der Waals surface area (Å²) in [7, 11) is 0. The van der Waals surface area contributed by atoms with Crippen LogP contribution in [0.15, 0.2) is 12.3 Å². The minimum atomic E-state index is -0.616. The van der Waals surface area contributed by atoms with Crippen LogP contribution in [0.4, 0.5) is 4.79 Å². The Hall–Kier alpha value is -1.52. The number of ether oxygens (including phenoxy) is 1. The van der Waals surface area contributed by atoms with Crippen molar-refractivity contribution in [1.29, 1.82) is 0 Å². The summed E-state index contributed by atoms with van der Waals surface area (Å²) < 4.78 is 5.65. The maximum absolute atomic E-state index is 12.1. The molecular formula is C15H24N2O3. The van der Waals surface area contributed by atoms with Crippen molar-refractivity contribution in [1.82, 2.24) is 9.80 Å². The van der Waals surface area contributed by atoms with E-state index in [2.05, 4.69) is 6.58 Å². The van der Waals surface area contributed by atoms with E-state index in [1.807, 2.05) is 32.6 Å². The van der Waals surface area contributed by atoms with Crippen LogP contribution in [0.3, 0.4) is 0 Å². The van der Waals surface area contributed by atoms with Gasteiger partial charge >= 0.3 is 6.09 Å². The minimum absolute atomic E-state index is 0.155. The van der Waals surface area contributed by atoms with Crippen molar-refractivity contribution in [2.45, 2.75) is 58.1 Å². The molecule has 112 valence electrons. The molecule has 2 aliphatic rings. The van der Waals surface area contributed by atoms with Crippen molar-refractivity contribution in [2.75, 3.05) is 13.1 Å². The van der Waals surface area contributed by atoms with E-state index in [1.54, 1.807) is 4.90 Å². The lowest BCUT2D eigenvalue weighted by atomic mass is 9.87. The number of likely N-dealkylation sites (tertiary alicyclic amines) is 1. The van der Waals surface area contributed by atoms with E-state index >= 15 is 0 Å². The second-order valence-corrected chi connectivity index (χ2v) is 6.55. The Morgan fingerprint density at radius 2 is 1.90 bits per heavy atom. The molecule has 20 heavy (non-hydrogen) atoms. The molecule has 2 heterocycles. The third kappa shape index (κ3) is 2.30. The lowest BCUT2D eigenvalue weighted by molar-refractivity contribution is -0.133. The number of hydrogen-bond donors (Lipinski definition) is 0. The monoisotopic (exact) mass is 280 g/mol. The SMILES string of the molecule is C=C1N(C(C)(C)C)C(=O)OC12CCN(C(=O)CC)CC2. The average molecular weight is 280 g/mol. The first-order valence-corrected chi connectivity index (χ1v) is 7.21. The molecule has 2 rings (SSSR count). The molecule has 2 aliphatic heterocycles. The molecule has 0 saturated carbocycles. The third-order valence-corrected chi connectivity index (χ3v) is 4.16. The molecule has 0 aliphatic carbocycles. The van der Waals surface area contributed by atoms with Gasteiger partial charge in [0.2, 0.25) is 5.91 Å². The molecule has 1 spiro atoms. The Bertz CT molecular complexity index is 443. The van der Waals surface area contributed by atoms with E-state index in [-0.39, 0.29) is 17.5 Å². The van der Waals surface area contributed by atoms with Gasteiger partial charge in [0.15, 0.2) is 5.60 Å². The number of carbonyl (C=O) groups excluding carboxylic acids is 2. The molecular weight excluding hydrogens is 256 g/mol. The Labute approximate surface area is 120 Å². The second-order valence-electron chi connectivity index (χ2n) is 6.55. The minimum Gasteiger partial charge on any atom is -0.436 e. The summed E-state index contributed by atoms with van der Waals surface area (Å²) in [5.41, 5.74) is -0.221. The zero-order chi connectivity index (χ0) is 15.1. The molecule has 0 bridgehead atoms. The maximum atomic E-state index is 12.1. The van der Waals surface area contributed by atoms with Gasteiger partial charge in [-0.1, -0.05) is 13.5 Å². The van der Waals surface area contributed by atoms with Gasteiger partial charge in [0.1, 0.15) is 0 Å². The van der Waals surface area contributed by atoms with Gasteiger partial charge in [0.05, 0.1) is 5.70 Å². The van der Waals surface area contributed by atoms with Gasteiger partial charge in [-0.15, -0.1) is 0 Å². The Balaban J connectivity index is 2.14. The molecule has 0 atom stereocenters. The van der Waals surface area contributed by atoms with Gasteiger partial charge in [0, 0.05) is 37.9 Å². The molecule has 2 fully saturated rings. The largest absolute Gasteiger partial charge is 0.436 e. The van der Waals surface area contributed by atoms with Crippen LogP contribution >= 0.6 is 0 Å². The fraction of sp³-hybridized carbons (Fsp3) is 0.733. The van der Waals surface area contributed by atoms with Gasteiger partial charge in [-0.25, -0.2) is 4.79 Å². The Morgan fingerprint density at radius 3 is 2.30 bits per heavy atom. The summed E-state index contributed by atoms with van der Waals surface area (Å²) in [6, 6.07) is 0. The number of piperidine rings is 1. The fourth-order valence-electron chi connectivity index (χ4n) is 3.00. The lowest BCUT2D eigenvalue weighted by Crippen LogP contribution is -2.48. The molecule has 0 unspecified atom stereocenters. The highest BCUT2D eigenvalue weighted by molar-refractivity contribution is 5.77. The zero-order valence-electron chi connectivity index (χ0n) is 12.9. The van der Waals surface area contributed by atoms with Gasteiger partial charge in [-0.05, 0) is 20.8 Å². The quantitative estimate of drug-likeness (QED) is 0.741. The van der Waals surface area contributed by atoms with Crippen LogP contribution in [0.5, 0.6) is 0 Å². The predicted octanol–water partition coefficient (Wildman–Crippen LogP) is 2.52. The summed E-state index contributed by atoms with van der Waals surface area (Å²) in [6.45, 7) is 13.1. The number of amides is 2. The van der Waals surface area contributed by atoms with Crippen molar-refractivity contribution in [3.8, 4) is 0 Å². The molecule has 0 aromatic carbocycles. The predicted molar refractivity (Wildman–Crippen MR) is 76.0 cm³/mol. The third-order valence-electron chi connectivity index (χ3n) is 4.16. The van der Waals surface area contributed by atoms with Crippen molar-refractivity contribution >= 4 is 12.0 Å². The van der Waals surface area contributed by atoms with Gasteiger partial charge in [-0.3, -0.25) is 9.69 Å². The normalized spacial score (nSPS) is 22.4. The Kier molecular flexibility index (Phi) is 3.56. The molecule has 5 nitrogen and oxygen atoms in total. The topological polar surface area (TPSA) is 49.9 Å². The number of nitrogens with zero attached hydrogens (tertiary/aromatic N) is 2. The number of carbonyl (C=O) groups is 2. The summed E-state index contributed by atoms with van der Waals surface area (Å²) in [6.07, 6.45) is 1.46. The number of hydrogen-bond acceptors (Lipinski definition) is 3. The summed E-state index contributed by atoms with van der Waals surface area (Å²) in [5, 5.41) is 0. The van der Waals surface area contributed by atoms with Gasteiger partial charge in [-0.2, -0.15) is 0 Å². The molecule has 0 N–H and O–H groups in total. The van der Waals surface area contributed by atoms with Crippen LogP contribution in [0.1, 0.15) is 47.0 Å². The van der Waals surface area contributed by atoms with E-state index in [4.69, 9.17) is 4.74 Å². The standard InChI is InChI=1S/C15H24N2O3/c1-6-12(18)16-9-7-15(8-10-16)11(2)17(13(19)20-15)14(3,4)5/h2,6-10H2,1,3-5H3. The fourth-order valence-corrected chi connectivity index (χ4v) is 3.00. The molecule has 0 aromatic heterocycles. The number of rotatable bonds is 1. The van der Waals surface area contributed by atoms with Crippen LogP contribution in [-0.2, 0) is 9.53 Å². The second kappa shape index (κ2) is 4.79. The highest BCUT2D eigenvalue weighted by atomic mass is 16.6. The van der Waals surface area contributed by atoms with Crippen molar-refractivity contribution in [3.63, 3.8) is 0 Å². The summed E-state index contributed by atoms with van der Waals surface area (Å²) in [4.78, 5) is 27.3. The molecule has 0 aromatic rings. The van der Waals surface area contributed by atoms with Crippen LogP contribution in [0, 0.1) is 0 Å². The first-order chi connectivity index (χ1) is 9.21. The highest BCUT2D eigenvalue weighted by Gasteiger charge is 2.53. The summed E-state index contributed by atoms with van der Waals surface area (Å²) >= 11 is 0. The van der Waals surface area contributed by atoms with E-state index in [1.165, 1.54) is 0 Å². The van der Waals surface area contributed by atoms with E-state index < -0.39 is 5.60 Å². The first-order valence-electron chi connectivity index (χ1n) is 7.21. The molecule has 2 amide bonds. The smallest absolute Gasteiger partial charge is 0.415 e. The van der Waals surface area contributed by atoms with E-state index in [9.17, 15) is 9.59 Å². The molecule has 0 radical (unpaired) electrons. The summed E-state index contributed by atoms with van der Waals surface area (Å²) in [5.74, 6) is 0.155. The van der Waals surface area contributed by atoms with Crippen molar-refractivity contribution in [2.24, 2.45) is 0 Å². The van der Waals surface area contributed by atoms with Crippen molar-refractivity contribution in [3.05, 3.63) is 12.3 Å².